The molecule has 0 spiro atoms. The molecule has 0 atom stereocenters. The number of amides is 1. The van der Waals surface area contributed by atoms with Gasteiger partial charge in [0.2, 0.25) is 0 Å². The summed E-state index contributed by atoms with van der Waals surface area (Å²) >= 11 is 0. The molecule has 3 aromatic carbocycles. The molecule has 0 saturated heterocycles. The van der Waals surface area contributed by atoms with Crippen molar-refractivity contribution in [2.24, 2.45) is 7.05 Å². The lowest BCUT2D eigenvalue weighted by Gasteiger charge is -2.09. The van der Waals surface area contributed by atoms with E-state index in [1.54, 1.807) is 42.9 Å². The van der Waals surface area contributed by atoms with Crippen LogP contribution in [0.25, 0.3) is 5.69 Å². The maximum absolute atomic E-state index is 13.0. The van der Waals surface area contributed by atoms with E-state index in [4.69, 9.17) is 0 Å². The predicted molar refractivity (Wildman–Crippen MR) is 127 cm³/mol. The van der Waals surface area contributed by atoms with Crippen LogP contribution in [0.2, 0.25) is 0 Å². The lowest BCUT2D eigenvalue weighted by atomic mass is 10.2. The smallest absolute Gasteiger partial charge is 0.296 e. The molecule has 4 rings (SSSR count). The van der Waals surface area contributed by atoms with Crippen molar-refractivity contribution in [3.63, 3.8) is 0 Å². The Morgan fingerprint density at radius 1 is 0.912 bits per heavy atom. The number of benzene rings is 3. The molecule has 0 bridgehead atoms. The van der Waals surface area contributed by atoms with Gasteiger partial charge in [0.15, 0.2) is 0 Å². The third kappa shape index (κ3) is 4.48. The monoisotopic (exact) mass is 480 g/mol. The van der Waals surface area contributed by atoms with E-state index in [9.17, 15) is 22.4 Å². The average Bonchev–Trinajstić information content (AvgIpc) is 3.04. The number of carbonyl (C=O) groups excluding carboxylic acids is 1. The van der Waals surface area contributed by atoms with E-state index in [0.717, 1.165) is 0 Å². The SMILES string of the molecule is Cc1c(NS(=O)(=O)c2ccc(C(=O)Nc3ccc(F)cc3)cc2)c(=O)n(-c2ccccc2)n1C. The van der Waals surface area contributed by atoms with Crippen LogP contribution in [0.15, 0.2) is 88.6 Å². The summed E-state index contributed by atoms with van der Waals surface area (Å²) in [6.07, 6.45) is 0. The summed E-state index contributed by atoms with van der Waals surface area (Å²) in [6, 6.07) is 19.4. The summed E-state index contributed by atoms with van der Waals surface area (Å²) < 4.78 is 44.3. The van der Waals surface area contributed by atoms with E-state index in [0.29, 0.717) is 17.1 Å². The lowest BCUT2D eigenvalue weighted by molar-refractivity contribution is 0.102. The van der Waals surface area contributed by atoms with Gasteiger partial charge in [-0.25, -0.2) is 17.5 Å². The first-order valence-electron chi connectivity index (χ1n) is 10.2. The third-order valence-electron chi connectivity index (χ3n) is 5.32. The summed E-state index contributed by atoms with van der Waals surface area (Å²) in [7, 11) is -2.44. The Bertz CT molecular complexity index is 1510. The van der Waals surface area contributed by atoms with E-state index in [-0.39, 0.29) is 16.1 Å². The van der Waals surface area contributed by atoms with Gasteiger partial charge < -0.3 is 5.32 Å². The molecule has 4 aromatic rings. The number of carbonyl (C=O) groups is 1. The zero-order valence-electron chi connectivity index (χ0n) is 18.3. The van der Waals surface area contributed by atoms with Crippen molar-refractivity contribution in [3.05, 3.63) is 106 Å². The number of hydrogen-bond acceptors (Lipinski definition) is 4. The minimum absolute atomic E-state index is 0.0653. The minimum Gasteiger partial charge on any atom is -0.322 e. The fraction of sp³-hybridized carbons (Fsp3) is 0.0833. The lowest BCUT2D eigenvalue weighted by Crippen LogP contribution is -2.23. The first kappa shape index (κ1) is 23.0. The second-order valence-electron chi connectivity index (χ2n) is 7.53. The highest BCUT2D eigenvalue weighted by molar-refractivity contribution is 7.92. The highest BCUT2D eigenvalue weighted by atomic mass is 32.2. The Kier molecular flexibility index (Phi) is 6.08. The molecule has 0 radical (unpaired) electrons. The summed E-state index contributed by atoms with van der Waals surface area (Å²) in [4.78, 5) is 25.3. The molecule has 1 aromatic heterocycles. The van der Waals surface area contributed by atoms with Crippen molar-refractivity contribution < 1.29 is 17.6 Å². The van der Waals surface area contributed by atoms with Gasteiger partial charge in [-0.1, -0.05) is 18.2 Å². The van der Waals surface area contributed by atoms with Crippen molar-refractivity contribution in [1.29, 1.82) is 0 Å². The number of rotatable bonds is 6. The average molecular weight is 481 g/mol. The van der Waals surface area contributed by atoms with E-state index < -0.39 is 27.3 Å². The summed E-state index contributed by atoms with van der Waals surface area (Å²) in [5, 5.41) is 2.61. The number of halogens is 1. The van der Waals surface area contributed by atoms with Gasteiger partial charge in [-0.05, 0) is 67.6 Å². The van der Waals surface area contributed by atoms with Gasteiger partial charge in [0.25, 0.3) is 21.5 Å². The first-order valence-corrected chi connectivity index (χ1v) is 11.7. The largest absolute Gasteiger partial charge is 0.322 e. The van der Waals surface area contributed by atoms with Gasteiger partial charge in [0.05, 0.1) is 16.3 Å². The maximum atomic E-state index is 13.0. The fourth-order valence-electron chi connectivity index (χ4n) is 3.40. The van der Waals surface area contributed by atoms with Crippen molar-refractivity contribution in [1.82, 2.24) is 9.36 Å². The Hall–Kier alpha value is -4.18. The van der Waals surface area contributed by atoms with Crippen LogP contribution in [0.3, 0.4) is 0 Å². The van der Waals surface area contributed by atoms with Crippen molar-refractivity contribution >= 4 is 27.3 Å². The Balaban J connectivity index is 1.57. The third-order valence-corrected chi connectivity index (χ3v) is 6.69. The maximum Gasteiger partial charge on any atom is 0.296 e. The molecular formula is C24H21FN4O4S. The summed E-state index contributed by atoms with van der Waals surface area (Å²) in [5.74, 6) is -0.905. The summed E-state index contributed by atoms with van der Waals surface area (Å²) in [6.45, 7) is 1.64. The standard InChI is InChI=1S/C24H21FN4O4S/c1-16-22(24(31)29(28(16)2)20-6-4-3-5-7-20)27-34(32,33)21-14-8-17(9-15-21)23(30)26-19-12-10-18(25)11-13-19/h3-15,27H,1-2H3,(H,26,30). The molecule has 2 N–H and O–H groups in total. The highest BCUT2D eigenvalue weighted by Gasteiger charge is 2.22. The normalized spacial score (nSPS) is 11.3. The van der Waals surface area contributed by atoms with Crippen molar-refractivity contribution in [2.45, 2.75) is 11.8 Å². The van der Waals surface area contributed by atoms with E-state index in [1.807, 2.05) is 6.07 Å². The van der Waals surface area contributed by atoms with E-state index in [2.05, 4.69) is 10.0 Å². The number of nitrogens with zero attached hydrogens (tertiary/aromatic N) is 2. The zero-order chi connectivity index (χ0) is 24.5. The molecule has 0 unspecified atom stereocenters. The molecule has 1 amide bonds. The molecule has 8 nitrogen and oxygen atoms in total. The fourth-order valence-corrected chi connectivity index (χ4v) is 4.52. The second-order valence-corrected chi connectivity index (χ2v) is 9.21. The molecule has 174 valence electrons. The summed E-state index contributed by atoms with van der Waals surface area (Å²) in [5.41, 5.74) is 1.08. The number of nitrogens with one attached hydrogen (secondary N) is 2. The van der Waals surface area contributed by atoms with Gasteiger partial charge in [-0.3, -0.25) is 19.0 Å². The van der Waals surface area contributed by atoms with Crippen LogP contribution in [0, 0.1) is 12.7 Å². The van der Waals surface area contributed by atoms with Gasteiger partial charge in [-0.15, -0.1) is 0 Å². The molecule has 0 aliphatic rings. The number of anilines is 2. The Labute approximate surface area is 195 Å². The predicted octanol–water partition coefficient (Wildman–Crippen LogP) is 3.68. The number of sulfonamides is 1. The topological polar surface area (TPSA) is 102 Å². The second kappa shape index (κ2) is 8.99. The van der Waals surface area contributed by atoms with Crippen LogP contribution >= 0.6 is 0 Å². The van der Waals surface area contributed by atoms with Crippen molar-refractivity contribution in [3.8, 4) is 5.69 Å². The molecule has 0 aliphatic heterocycles. The molecule has 0 aliphatic carbocycles. The van der Waals surface area contributed by atoms with E-state index >= 15 is 0 Å². The molecule has 10 heteroatoms. The van der Waals surface area contributed by atoms with Crippen LogP contribution in [0.4, 0.5) is 15.8 Å². The molecule has 0 fully saturated rings. The van der Waals surface area contributed by atoms with Gasteiger partial charge in [0, 0.05) is 18.3 Å². The van der Waals surface area contributed by atoms with Crippen LogP contribution in [0.1, 0.15) is 16.1 Å². The number of aromatic nitrogens is 2. The number of para-hydroxylation sites is 1. The van der Waals surface area contributed by atoms with Crippen molar-refractivity contribution in [2.75, 3.05) is 10.0 Å². The van der Waals surface area contributed by atoms with Crippen LogP contribution < -0.4 is 15.6 Å². The Morgan fingerprint density at radius 2 is 1.53 bits per heavy atom. The first-order chi connectivity index (χ1) is 16.2. The van der Waals surface area contributed by atoms with Crippen LogP contribution in [-0.2, 0) is 17.1 Å². The Morgan fingerprint density at radius 3 is 2.15 bits per heavy atom. The minimum atomic E-state index is -4.10. The molecule has 1 heterocycles. The van der Waals surface area contributed by atoms with Crippen LogP contribution in [-0.4, -0.2) is 23.7 Å². The van der Waals surface area contributed by atoms with Gasteiger partial charge >= 0.3 is 0 Å². The molecule has 34 heavy (non-hydrogen) atoms. The van der Waals surface area contributed by atoms with Gasteiger partial charge in [-0.2, -0.15) is 0 Å². The van der Waals surface area contributed by atoms with E-state index in [1.165, 1.54) is 53.2 Å². The highest BCUT2D eigenvalue weighted by Crippen LogP contribution is 2.20. The van der Waals surface area contributed by atoms with Crippen LogP contribution in [0.5, 0.6) is 0 Å². The molecule has 0 saturated carbocycles. The zero-order valence-corrected chi connectivity index (χ0v) is 19.1. The van der Waals surface area contributed by atoms with Gasteiger partial charge in [0.1, 0.15) is 11.5 Å². The quantitative estimate of drug-likeness (QED) is 0.440. The number of hydrogen-bond donors (Lipinski definition) is 2. The molecular weight excluding hydrogens is 459 g/mol.